The van der Waals surface area contributed by atoms with Crippen molar-refractivity contribution in [2.24, 2.45) is 0 Å². The van der Waals surface area contributed by atoms with E-state index in [-0.39, 0.29) is 0 Å². The van der Waals surface area contributed by atoms with Crippen molar-refractivity contribution in [3.63, 3.8) is 0 Å². The van der Waals surface area contributed by atoms with E-state index >= 15 is 0 Å². The molecule has 21 heavy (non-hydrogen) atoms. The van der Waals surface area contributed by atoms with E-state index in [1.165, 1.54) is 23.1 Å². The van der Waals surface area contributed by atoms with Gasteiger partial charge in [-0.1, -0.05) is 30.3 Å². The van der Waals surface area contributed by atoms with Gasteiger partial charge in [-0.25, -0.2) is 0 Å². The number of hydrogen-bond donors (Lipinski definition) is 1. The Kier molecular flexibility index (Phi) is 4.56. The van der Waals surface area contributed by atoms with Gasteiger partial charge in [0.05, 0.1) is 7.11 Å². The van der Waals surface area contributed by atoms with Crippen LogP contribution in [0.2, 0.25) is 0 Å². The van der Waals surface area contributed by atoms with Gasteiger partial charge >= 0.3 is 0 Å². The lowest BCUT2D eigenvalue weighted by atomic mass is 9.90. The predicted octanol–water partition coefficient (Wildman–Crippen LogP) is 3.36. The highest BCUT2D eigenvalue weighted by Crippen LogP contribution is 2.26. The van der Waals surface area contributed by atoms with Crippen molar-refractivity contribution < 1.29 is 4.74 Å². The second-order valence-corrected chi connectivity index (χ2v) is 5.64. The summed E-state index contributed by atoms with van der Waals surface area (Å²) in [7, 11) is 1.70. The molecule has 3 rings (SSSR count). The van der Waals surface area contributed by atoms with Gasteiger partial charge in [0.1, 0.15) is 5.75 Å². The molecule has 1 N–H and O–H groups in total. The fourth-order valence-electron chi connectivity index (χ4n) is 3.07. The molecule has 0 aromatic heterocycles. The third-order valence-corrected chi connectivity index (χ3v) is 4.30. The van der Waals surface area contributed by atoms with Crippen molar-refractivity contribution in [2.45, 2.75) is 25.2 Å². The van der Waals surface area contributed by atoms with Crippen LogP contribution in [-0.2, 0) is 12.8 Å². The summed E-state index contributed by atoms with van der Waals surface area (Å²) >= 11 is 0. The smallest absolute Gasteiger partial charge is 0.118 e. The first-order valence-corrected chi connectivity index (χ1v) is 7.70. The quantitative estimate of drug-likeness (QED) is 0.907. The fourth-order valence-corrected chi connectivity index (χ4v) is 3.07. The van der Waals surface area contributed by atoms with Crippen LogP contribution >= 0.6 is 0 Å². The number of aryl methyl sites for hydroxylation is 2. The van der Waals surface area contributed by atoms with Crippen molar-refractivity contribution in [1.29, 1.82) is 0 Å². The van der Waals surface area contributed by atoms with Crippen LogP contribution in [0.1, 0.15) is 29.0 Å². The Bertz CT molecular complexity index is 570. The predicted molar refractivity (Wildman–Crippen MR) is 85.9 cm³/mol. The Balaban J connectivity index is 1.69. The molecule has 0 aliphatic carbocycles. The number of methoxy groups -OCH3 is 1. The van der Waals surface area contributed by atoms with E-state index < -0.39 is 0 Å². The van der Waals surface area contributed by atoms with Crippen LogP contribution in [0.25, 0.3) is 0 Å². The van der Waals surface area contributed by atoms with Crippen LogP contribution in [-0.4, -0.2) is 20.2 Å². The van der Waals surface area contributed by atoms with Gasteiger partial charge in [-0.3, -0.25) is 0 Å². The molecular weight excluding hydrogens is 258 g/mol. The van der Waals surface area contributed by atoms with Gasteiger partial charge in [0.25, 0.3) is 0 Å². The summed E-state index contributed by atoms with van der Waals surface area (Å²) in [6.07, 6.45) is 3.35. The van der Waals surface area contributed by atoms with E-state index in [0.29, 0.717) is 5.92 Å². The SMILES string of the molecule is COc1ccc(CCc2[c]cccc2C2CCNC2)cc1. The number of benzene rings is 2. The number of rotatable bonds is 5. The minimum absolute atomic E-state index is 0.660. The Labute approximate surface area is 127 Å². The molecule has 109 valence electrons. The Hall–Kier alpha value is -1.80. The highest BCUT2D eigenvalue weighted by molar-refractivity contribution is 5.33. The first-order valence-electron chi connectivity index (χ1n) is 7.70. The Morgan fingerprint density at radius 2 is 2.05 bits per heavy atom. The molecule has 2 aromatic rings. The molecule has 2 aromatic carbocycles. The van der Waals surface area contributed by atoms with Crippen LogP contribution in [0.15, 0.2) is 42.5 Å². The summed E-state index contributed by atoms with van der Waals surface area (Å²) in [5.74, 6) is 1.58. The Morgan fingerprint density at radius 3 is 2.76 bits per heavy atom. The van der Waals surface area contributed by atoms with Crippen LogP contribution in [0.5, 0.6) is 5.75 Å². The molecule has 1 radical (unpaired) electrons. The van der Waals surface area contributed by atoms with Gasteiger partial charge in [0, 0.05) is 6.54 Å². The number of nitrogens with one attached hydrogen (secondary N) is 1. The summed E-state index contributed by atoms with van der Waals surface area (Å²) in [4.78, 5) is 0. The first-order chi connectivity index (χ1) is 10.4. The molecule has 0 bridgehead atoms. The molecule has 1 unspecified atom stereocenters. The van der Waals surface area contributed by atoms with E-state index in [1.807, 2.05) is 18.2 Å². The van der Waals surface area contributed by atoms with Crippen LogP contribution in [0, 0.1) is 6.07 Å². The molecule has 1 aliphatic heterocycles. The van der Waals surface area contributed by atoms with Crippen molar-refractivity contribution in [3.05, 3.63) is 65.2 Å². The van der Waals surface area contributed by atoms with Crippen molar-refractivity contribution in [1.82, 2.24) is 5.32 Å². The van der Waals surface area contributed by atoms with Gasteiger partial charge in [0.15, 0.2) is 0 Å². The van der Waals surface area contributed by atoms with Crippen LogP contribution in [0.4, 0.5) is 0 Å². The van der Waals surface area contributed by atoms with Crippen molar-refractivity contribution >= 4 is 0 Å². The van der Waals surface area contributed by atoms with Gasteiger partial charge < -0.3 is 10.1 Å². The summed E-state index contributed by atoms with van der Waals surface area (Å²) in [6, 6.07) is 18.3. The molecule has 1 saturated heterocycles. The van der Waals surface area contributed by atoms with Gasteiger partial charge in [-0.15, -0.1) is 0 Å². The molecule has 1 aliphatic rings. The van der Waals surface area contributed by atoms with Crippen molar-refractivity contribution in [2.75, 3.05) is 20.2 Å². The minimum Gasteiger partial charge on any atom is -0.497 e. The molecule has 0 saturated carbocycles. The fraction of sp³-hybridized carbons (Fsp3) is 0.368. The zero-order chi connectivity index (χ0) is 14.5. The molecule has 1 heterocycles. The lowest BCUT2D eigenvalue weighted by Crippen LogP contribution is -2.09. The second-order valence-electron chi connectivity index (χ2n) is 5.64. The summed E-state index contributed by atoms with van der Waals surface area (Å²) in [6.45, 7) is 2.24. The van der Waals surface area contributed by atoms with Crippen molar-refractivity contribution in [3.8, 4) is 5.75 Å². The largest absolute Gasteiger partial charge is 0.497 e. The summed E-state index contributed by atoms with van der Waals surface area (Å²) < 4.78 is 5.21. The first kappa shape index (κ1) is 14.2. The second kappa shape index (κ2) is 6.77. The molecule has 0 spiro atoms. The maximum absolute atomic E-state index is 5.21. The van der Waals surface area contributed by atoms with E-state index in [9.17, 15) is 0 Å². The van der Waals surface area contributed by atoms with Crippen LogP contribution < -0.4 is 10.1 Å². The highest BCUT2D eigenvalue weighted by Gasteiger charge is 2.18. The molecule has 1 atom stereocenters. The van der Waals surface area contributed by atoms with Gasteiger partial charge in [0.2, 0.25) is 0 Å². The topological polar surface area (TPSA) is 21.3 Å². The minimum atomic E-state index is 0.660. The van der Waals surface area contributed by atoms with E-state index in [1.54, 1.807) is 7.11 Å². The third kappa shape index (κ3) is 3.45. The number of ether oxygens (including phenoxy) is 1. The van der Waals surface area contributed by atoms with Gasteiger partial charge in [-0.2, -0.15) is 0 Å². The highest BCUT2D eigenvalue weighted by atomic mass is 16.5. The van der Waals surface area contributed by atoms with Crippen LogP contribution in [0.3, 0.4) is 0 Å². The lowest BCUT2D eigenvalue weighted by molar-refractivity contribution is 0.414. The Morgan fingerprint density at radius 1 is 1.19 bits per heavy atom. The summed E-state index contributed by atoms with van der Waals surface area (Å²) in [5.41, 5.74) is 4.21. The van der Waals surface area contributed by atoms with E-state index in [4.69, 9.17) is 4.74 Å². The normalized spacial score (nSPS) is 17.9. The zero-order valence-electron chi connectivity index (χ0n) is 12.6. The molecule has 2 nitrogen and oxygen atoms in total. The zero-order valence-corrected chi connectivity index (χ0v) is 12.6. The summed E-state index contributed by atoms with van der Waals surface area (Å²) in [5, 5.41) is 3.46. The van der Waals surface area contributed by atoms with Gasteiger partial charge in [-0.05, 0) is 66.6 Å². The maximum Gasteiger partial charge on any atom is 0.118 e. The molecular formula is C19H22NO. The standard InChI is InChI=1S/C19H22NO/c1-21-18-10-7-15(8-11-18)6-9-16-4-2-3-5-19(16)17-12-13-20-14-17/h2-3,5,7-8,10-11,17,20H,6,9,12-14H2,1H3. The number of hydrogen-bond acceptors (Lipinski definition) is 2. The monoisotopic (exact) mass is 280 g/mol. The molecule has 2 heteroatoms. The van der Waals surface area contributed by atoms with E-state index in [2.05, 4.69) is 35.6 Å². The van der Waals surface area contributed by atoms with E-state index in [0.717, 1.165) is 31.7 Å². The maximum atomic E-state index is 5.21. The lowest BCUT2D eigenvalue weighted by Gasteiger charge is -2.14. The third-order valence-electron chi connectivity index (χ3n) is 4.30. The molecule has 0 amide bonds. The average molecular weight is 280 g/mol. The molecule has 1 fully saturated rings. The average Bonchev–Trinajstić information content (AvgIpc) is 3.08.